The molecule has 2 saturated heterocycles. The lowest BCUT2D eigenvalue weighted by Crippen LogP contribution is -2.48. The Morgan fingerprint density at radius 3 is 2.76 bits per heavy atom. The Balaban J connectivity index is 1.58. The zero-order valence-electron chi connectivity index (χ0n) is 14.1. The SMILES string of the molecule is O=C(c1c[nH]c2ccc([N+](=O)[O-])cc12)N1CCCC(N2CCCC2)C1. The van der Waals surface area contributed by atoms with Gasteiger partial charge in [-0.25, -0.2) is 0 Å². The van der Waals surface area contributed by atoms with Crippen LogP contribution in [0, 0.1) is 10.1 Å². The Hall–Kier alpha value is -2.41. The molecule has 7 nitrogen and oxygen atoms in total. The first-order valence-corrected chi connectivity index (χ1v) is 8.92. The lowest BCUT2D eigenvalue weighted by Gasteiger charge is -2.37. The van der Waals surface area contributed by atoms with Gasteiger partial charge < -0.3 is 9.88 Å². The highest BCUT2D eigenvalue weighted by Gasteiger charge is 2.30. The van der Waals surface area contributed by atoms with Crippen molar-refractivity contribution in [1.82, 2.24) is 14.8 Å². The monoisotopic (exact) mass is 342 g/mol. The van der Waals surface area contributed by atoms with Crippen LogP contribution in [0.5, 0.6) is 0 Å². The number of piperidine rings is 1. The molecule has 3 heterocycles. The van der Waals surface area contributed by atoms with E-state index in [1.807, 2.05) is 4.90 Å². The number of nitro groups is 1. The third-order valence-corrected chi connectivity index (χ3v) is 5.45. The lowest BCUT2D eigenvalue weighted by molar-refractivity contribution is -0.384. The van der Waals surface area contributed by atoms with Gasteiger partial charge in [-0.05, 0) is 44.8 Å². The second-order valence-corrected chi connectivity index (χ2v) is 6.98. The molecule has 1 N–H and O–H groups in total. The predicted molar refractivity (Wildman–Crippen MR) is 94.7 cm³/mol. The first-order valence-electron chi connectivity index (χ1n) is 8.92. The summed E-state index contributed by atoms with van der Waals surface area (Å²) < 4.78 is 0. The fraction of sp³-hybridized carbons (Fsp3) is 0.500. The normalized spacial score (nSPS) is 21.8. The van der Waals surface area contributed by atoms with Crippen molar-refractivity contribution in [2.45, 2.75) is 31.7 Å². The molecule has 1 atom stereocenters. The highest BCUT2D eigenvalue weighted by atomic mass is 16.6. The van der Waals surface area contributed by atoms with E-state index in [4.69, 9.17) is 0 Å². The van der Waals surface area contributed by atoms with E-state index in [0.29, 0.717) is 17.0 Å². The van der Waals surface area contributed by atoms with Crippen molar-refractivity contribution in [3.63, 3.8) is 0 Å². The van der Waals surface area contributed by atoms with Gasteiger partial charge in [-0.3, -0.25) is 19.8 Å². The molecule has 1 unspecified atom stereocenters. The minimum Gasteiger partial charge on any atom is -0.360 e. The van der Waals surface area contributed by atoms with Crippen LogP contribution in [0.25, 0.3) is 10.9 Å². The molecule has 1 aromatic heterocycles. The molecule has 25 heavy (non-hydrogen) atoms. The van der Waals surface area contributed by atoms with Crippen molar-refractivity contribution in [3.8, 4) is 0 Å². The van der Waals surface area contributed by atoms with Gasteiger partial charge in [0.05, 0.1) is 10.5 Å². The van der Waals surface area contributed by atoms with Crippen LogP contribution < -0.4 is 0 Å². The van der Waals surface area contributed by atoms with Crippen LogP contribution in [0.2, 0.25) is 0 Å². The number of carbonyl (C=O) groups is 1. The molecule has 0 spiro atoms. The number of benzene rings is 1. The van der Waals surface area contributed by atoms with E-state index in [1.54, 1.807) is 12.3 Å². The second kappa shape index (κ2) is 6.48. The van der Waals surface area contributed by atoms with Gasteiger partial charge in [0.2, 0.25) is 0 Å². The van der Waals surface area contributed by atoms with Crippen LogP contribution in [0.3, 0.4) is 0 Å². The molecule has 1 amide bonds. The molecule has 0 radical (unpaired) electrons. The highest BCUT2D eigenvalue weighted by molar-refractivity contribution is 6.07. The number of non-ortho nitro benzene ring substituents is 1. The summed E-state index contributed by atoms with van der Waals surface area (Å²) in [5.41, 5.74) is 1.29. The highest BCUT2D eigenvalue weighted by Crippen LogP contribution is 2.27. The van der Waals surface area contributed by atoms with E-state index in [-0.39, 0.29) is 11.6 Å². The molecular weight excluding hydrogens is 320 g/mol. The Morgan fingerprint density at radius 1 is 1.20 bits per heavy atom. The summed E-state index contributed by atoms with van der Waals surface area (Å²) in [6, 6.07) is 5.05. The van der Waals surface area contributed by atoms with Crippen molar-refractivity contribution in [3.05, 3.63) is 40.1 Å². The van der Waals surface area contributed by atoms with Gasteiger partial charge in [0.25, 0.3) is 11.6 Å². The average molecular weight is 342 g/mol. The molecule has 2 aromatic rings. The van der Waals surface area contributed by atoms with Gasteiger partial charge in [-0.2, -0.15) is 0 Å². The first kappa shape index (κ1) is 16.1. The summed E-state index contributed by atoms with van der Waals surface area (Å²) >= 11 is 0. The van der Waals surface area contributed by atoms with Crippen LogP contribution in [-0.4, -0.2) is 57.8 Å². The number of hydrogen-bond donors (Lipinski definition) is 1. The standard InChI is InChI=1S/C18H22N4O3/c23-18(21-9-3-4-14(12-21)20-7-1-2-8-20)16-11-19-17-6-5-13(22(24)25)10-15(16)17/h5-6,10-11,14,19H,1-4,7-9,12H2. The summed E-state index contributed by atoms with van der Waals surface area (Å²) in [6.45, 7) is 3.77. The third kappa shape index (κ3) is 3.00. The molecule has 7 heteroatoms. The van der Waals surface area contributed by atoms with Gasteiger partial charge in [0, 0.05) is 48.4 Å². The summed E-state index contributed by atoms with van der Waals surface area (Å²) in [4.78, 5) is 31.1. The predicted octanol–water partition coefficient (Wildman–Crippen LogP) is 2.78. The smallest absolute Gasteiger partial charge is 0.270 e. The van der Waals surface area contributed by atoms with Crippen LogP contribution in [0.4, 0.5) is 5.69 Å². The van der Waals surface area contributed by atoms with Crippen molar-refractivity contribution < 1.29 is 9.72 Å². The topological polar surface area (TPSA) is 82.5 Å². The summed E-state index contributed by atoms with van der Waals surface area (Å²) in [7, 11) is 0. The quantitative estimate of drug-likeness (QED) is 0.687. The second-order valence-electron chi connectivity index (χ2n) is 6.98. The van der Waals surface area contributed by atoms with E-state index in [0.717, 1.165) is 44.5 Å². The number of likely N-dealkylation sites (tertiary alicyclic amines) is 2. The van der Waals surface area contributed by atoms with Gasteiger partial charge in [0.15, 0.2) is 0 Å². The first-order chi connectivity index (χ1) is 12.1. The summed E-state index contributed by atoms with van der Waals surface area (Å²) in [6.07, 6.45) is 6.32. The molecule has 1 aromatic carbocycles. The number of nitrogens with one attached hydrogen (secondary N) is 1. The number of nitrogens with zero attached hydrogens (tertiary/aromatic N) is 3. The maximum atomic E-state index is 13.0. The lowest BCUT2D eigenvalue weighted by atomic mass is 10.0. The molecule has 0 saturated carbocycles. The number of aromatic nitrogens is 1. The Kier molecular flexibility index (Phi) is 4.17. The zero-order chi connectivity index (χ0) is 17.4. The molecule has 132 valence electrons. The van der Waals surface area contributed by atoms with Crippen molar-refractivity contribution >= 4 is 22.5 Å². The van der Waals surface area contributed by atoms with Crippen molar-refractivity contribution in [2.75, 3.05) is 26.2 Å². The maximum absolute atomic E-state index is 13.0. The van der Waals surface area contributed by atoms with Crippen LogP contribution in [0.15, 0.2) is 24.4 Å². The van der Waals surface area contributed by atoms with Crippen molar-refractivity contribution in [2.24, 2.45) is 0 Å². The van der Waals surface area contributed by atoms with Gasteiger partial charge >= 0.3 is 0 Å². The third-order valence-electron chi connectivity index (χ3n) is 5.45. The number of nitro benzene ring substituents is 1. The van der Waals surface area contributed by atoms with E-state index >= 15 is 0 Å². The molecule has 2 aliphatic heterocycles. The van der Waals surface area contributed by atoms with E-state index in [1.165, 1.54) is 25.0 Å². The Bertz CT molecular complexity index is 810. The van der Waals surface area contributed by atoms with E-state index in [2.05, 4.69) is 9.88 Å². The van der Waals surface area contributed by atoms with E-state index < -0.39 is 4.92 Å². The fourth-order valence-corrected chi connectivity index (χ4v) is 4.11. The Labute approximate surface area is 145 Å². The Morgan fingerprint density at radius 2 is 2.00 bits per heavy atom. The molecule has 4 rings (SSSR count). The summed E-state index contributed by atoms with van der Waals surface area (Å²) in [5.74, 6) is -0.0318. The van der Waals surface area contributed by atoms with Crippen molar-refractivity contribution in [1.29, 1.82) is 0 Å². The number of amides is 1. The molecule has 0 bridgehead atoms. The maximum Gasteiger partial charge on any atom is 0.270 e. The average Bonchev–Trinajstić information content (AvgIpc) is 3.30. The van der Waals surface area contributed by atoms with Gasteiger partial charge in [-0.1, -0.05) is 0 Å². The minimum atomic E-state index is -0.426. The minimum absolute atomic E-state index is 0.00902. The van der Waals surface area contributed by atoms with E-state index in [9.17, 15) is 14.9 Å². The number of aromatic amines is 1. The molecular formula is C18H22N4O3. The molecule has 0 aliphatic carbocycles. The van der Waals surface area contributed by atoms with Gasteiger partial charge in [-0.15, -0.1) is 0 Å². The fourth-order valence-electron chi connectivity index (χ4n) is 4.11. The number of H-pyrrole nitrogens is 1. The summed E-state index contributed by atoms with van der Waals surface area (Å²) in [5, 5.41) is 11.7. The zero-order valence-corrected chi connectivity index (χ0v) is 14.1. The largest absolute Gasteiger partial charge is 0.360 e. The van der Waals surface area contributed by atoms with Crippen LogP contribution >= 0.6 is 0 Å². The number of rotatable bonds is 3. The molecule has 2 aliphatic rings. The molecule has 2 fully saturated rings. The van der Waals surface area contributed by atoms with Gasteiger partial charge in [0.1, 0.15) is 0 Å². The van der Waals surface area contributed by atoms with Crippen LogP contribution in [0.1, 0.15) is 36.0 Å². The number of carbonyl (C=O) groups excluding carboxylic acids is 1. The number of hydrogen-bond acceptors (Lipinski definition) is 4. The number of fused-ring (bicyclic) bond motifs is 1. The van der Waals surface area contributed by atoms with Crippen LogP contribution in [-0.2, 0) is 0 Å².